The smallest absolute Gasteiger partial charge is 0.0944 e. The Morgan fingerprint density at radius 2 is 2.09 bits per heavy atom. The van der Waals surface area contributed by atoms with Crippen LogP contribution in [0, 0.1) is 0 Å². The van der Waals surface area contributed by atoms with E-state index in [0.717, 1.165) is 0 Å². The molecule has 0 saturated heterocycles. The Hall–Kier alpha value is -0.270. The number of allylic oxidation sites excluding steroid dienone is 3. The highest BCUT2D eigenvalue weighted by Crippen LogP contribution is 2.36. The van der Waals surface area contributed by atoms with Gasteiger partial charge in [0.15, 0.2) is 0 Å². The summed E-state index contributed by atoms with van der Waals surface area (Å²) in [5.41, 5.74) is -0.865. The van der Waals surface area contributed by atoms with Gasteiger partial charge in [-0.15, -0.1) is 11.6 Å². The molecule has 0 saturated carbocycles. The summed E-state index contributed by atoms with van der Waals surface area (Å²) < 4.78 is 0. The van der Waals surface area contributed by atoms with Gasteiger partial charge in [-0.05, 0) is 20.3 Å². The Bertz CT molecular complexity index is 200. The lowest BCUT2D eigenvalue weighted by Crippen LogP contribution is -2.43. The molecular weight excluding hydrogens is 160 g/mol. The fourth-order valence-electron chi connectivity index (χ4n) is 1.05. The number of alkyl halides is 1. The Kier molecular flexibility index (Phi) is 2.13. The van der Waals surface area contributed by atoms with E-state index in [1.807, 2.05) is 24.3 Å². The number of hydrogen-bond donors (Lipinski definition) is 1. The van der Waals surface area contributed by atoms with Crippen molar-refractivity contribution in [2.75, 3.05) is 0 Å². The monoisotopic (exact) mass is 172 g/mol. The maximum absolute atomic E-state index is 9.68. The van der Waals surface area contributed by atoms with Crippen LogP contribution in [0.2, 0.25) is 0 Å². The topological polar surface area (TPSA) is 20.2 Å². The predicted octanol–water partition coefficient (Wildman–Crippen LogP) is 2.25. The molecule has 0 aromatic heterocycles. The third-order valence-corrected chi connectivity index (χ3v) is 2.78. The van der Waals surface area contributed by atoms with Gasteiger partial charge < -0.3 is 5.11 Å². The van der Waals surface area contributed by atoms with Crippen molar-refractivity contribution >= 4 is 11.6 Å². The predicted molar refractivity (Wildman–Crippen MR) is 47.8 cm³/mol. The molecule has 1 atom stereocenters. The molecule has 62 valence electrons. The highest BCUT2D eigenvalue weighted by molar-refractivity contribution is 6.26. The van der Waals surface area contributed by atoms with Gasteiger partial charge >= 0.3 is 0 Å². The van der Waals surface area contributed by atoms with E-state index >= 15 is 0 Å². The van der Waals surface area contributed by atoms with Crippen molar-refractivity contribution in [3.63, 3.8) is 0 Å². The van der Waals surface area contributed by atoms with Gasteiger partial charge in [0, 0.05) is 0 Å². The summed E-state index contributed by atoms with van der Waals surface area (Å²) in [6.07, 6.45) is 8.30. The Balaban J connectivity index is 2.84. The van der Waals surface area contributed by atoms with E-state index < -0.39 is 10.5 Å². The van der Waals surface area contributed by atoms with Crippen molar-refractivity contribution in [2.24, 2.45) is 0 Å². The van der Waals surface area contributed by atoms with Crippen LogP contribution in [0.25, 0.3) is 0 Å². The van der Waals surface area contributed by atoms with Crippen LogP contribution in [-0.2, 0) is 0 Å². The van der Waals surface area contributed by atoms with E-state index in [9.17, 15) is 5.11 Å². The highest BCUT2D eigenvalue weighted by atomic mass is 35.5. The van der Waals surface area contributed by atoms with Gasteiger partial charge in [-0.2, -0.15) is 0 Å². The first-order chi connectivity index (χ1) is 4.96. The lowest BCUT2D eigenvalue weighted by molar-refractivity contribution is 0.0505. The van der Waals surface area contributed by atoms with Gasteiger partial charge in [-0.25, -0.2) is 0 Å². The van der Waals surface area contributed by atoms with Gasteiger partial charge in [-0.1, -0.05) is 24.3 Å². The lowest BCUT2D eigenvalue weighted by atomic mass is 9.85. The molecule has 0 fully saturated rings. The van der Waals surface area contributed by atoms with Gasteiger partial charge in [-0.3, -0.25) is 0 Å². The van der Waals surface area contributed by atoms with E-state index in [0.29, 0.717) is 6.42 Å². The molecular formula is C9H13ClO. The van der Waals surface area contributed by atoms with Crippen LogP contribution in [-0.4, -0.2) is 15.6 Å². The molecule has 1 nitrogen and oxygen atoms in total. The Morgan fingerprint density at radius 1 is 1.45 bits per heavy atom. The van der Waals surface area contributed by atoms with E-state index in [-0.39, 0.29) is 0 Å². The van der Waals surface area contributed by atoms with Crippen LogP contribution in [0.5, 0.6) is 0 Å². The fourth-order valence-corrected chi connectivity index (χ4v) is 1.21. The standard InChI is InChI=1S/C9H13ClO/c1-8(2,11)9(10)6-4-3-5-7-9/h3-6,11H,7H2,1-2H3. The molecule has 0 aliphatic heterocycles. The second kappa shape index (κ2) is 2.65. The summed E-state index contributed by atoms with van der Waals surface area (Å²) in [5, 5.41) is 9.68. The van der Waals surface area contributed by atoms with Crippen molar-refractivity contribution < 1.29 is 5.11 Å². The molecule has 1 aliphatic rings. The molecule has 2 heteroatoms. The molecule has 1 aliphatic carbocycles. The van der Waals surface area contributed by atoms with Crippen molar-refractivity contribution in [3.8, 4) is 0 Å². The van der Waals surface area contributed by atoms with Crippen molar-refractivity contribution in [1.29, 1.82) is 0 Å². The lowest BCUT2D eigenvalue weighted by Gasteiger charge is -2.35. The Morgan fingerprint density at radius 3 is 2.36 bits per heavy atom. The largest absolute Gasteiger partial charge is 0.388 e. The first kappa shape index (κ1) is 8.82. The van der Waals surface area contributed by atoms with Crippen molar-refractivity contribution in [2.45, 2.75) is 30.7 Å². The van der Waals surface area contributed by atoms with Crippen LogP contribution in [0.3, 0.4) is 0 Å². The molecule has 0 heterocycles. The molecule has 0 aromatic rings. The normalized spacial score (nSPS) is 30.9. The number of rotatable bonds is 1. The molecule has 0 aromatic carbocycles. The number of halogens is 1. The quantitative estimate of drug-likeness (QED) is 0.602. The minimum Gasteiger partial charge on any atom is -0.388 e. The van der Waals surface area contributed by atoms with E-state index in [1.165, 1.54) is 0 Å². The summed E-state index contributed by atoms with van der Waals surface area (Å²) in [7, 11) is 0. The molecule has 0 spiro atoms. The van der Waals surface area contributed by atoms with Crippen molar-refractivity contribution in [3.05, 3.63) is 24.3 Å². The maximum atomic E-state index is 9.68. The summed E-state index contributed by atoms with van der Waals surface area (Å²) in [6.45, 7) is 3.45. The first-order valence-electron chi connectivity index (χ1n) is 3.71. The zero-order chi connectivity index (χ0) is 8.54. The van der Waals surface area contributed by atoms with Crippen molar-refractivity contribution in [1.82, 2.24) is 0 Å². The molecule has 1 rings (SSSR count). The van der Waals surface area contributed by atoms with Crippen LogP contribution < -0.4 is 0 Å². The van der Waals surface area contributed by atoms with Gasteiger partial charge in [0.05, 0.1) is 10.5 Å². The summed E-state index contributed by atoms with van der Waals surface area (Å²) in [5.74, 6) is 0. The summed E-state index contributed by atoms with van der Waals surface area (Å²) in [6, 6.07) is 0. The average molecular weight is 173 g/mol. The second-order valence-electron chi connectivity index (χ2n) is 3.41. The minimum atomic E-state index is -0.865. The fraction of sp³-hybridized carbons (Fsp3) is 0.556. The molecule has 0 bridgehead atoms. The summed E-state index contributed by atoms with van der Waals surface area (Å²) in [4.78, 5) is -0.623. The molecule has 11 heavy (non-hydrogen) atoms. The number of aliphatic hydroxyl groups is 1. The third kappa shape index (κ3) is 1.66. The minimum absolute atomic E-state index is 0.623. The number of hydrogen-bond acceptors (Lipinski definition) is 1. The molecule has 1 N–H and O–H groups in total. The van der Waals surface area contributed by atoms with E-state index in [1.54, 1.807) is 13.8 Å². The molecule has 0 radical (unpaired) electrons. The zero-order valence-corrected chi connectivity index (χ0v) is 7.60. The highest BCUT2D eigenvalue weighted by Gasteiger charge is 2.39. The second-order valence-corrected chi connectivity index (χ2v) is 4.09. The first-order valence-corrected chi connectivity index (χ1v) is 4.09. The summed E-state index contributed by atoms with van der Waals surface area (Å²) >= 11 is 6.16. The van der Waals surface area contributed by atoms with E-state index in [2.05, 4.69) is 0 Å². The zero-order valence-electron chi connectivity index (χ0n) is 6.84. The Labute approximate surface area is 72.4 Å². The van der Waals surface area contributed by atoms with Crippen LogP contribution in [0.15, 0.2) is 24.3 Å². The molecule has 0 amide bonds. The maximum Gasteiger partial charge on any atom is 0.0944 e. The van der Waals surface area contributed by atoms with Gasteiger partial charge in [0.1, 0.15) is 0 Å². The van der Waals surface area contributed by atoms with Crippen LogP contribution in [0.4, 0.5) is 0 Å². The van der Waals surface area contributed by atoms with E-state index in [4.69, 9.17) is 11.6 Å². The van der Waals surface area contributed by atoms with Crippen LogP contribution in [0.1, 0.15) is 20.3 Å². The molecule has 1 unspecified atom stereocenters. The third-order valence-electron chi connectivity index (χ3n) is 2.04. The SMILES string of the molecule is CC(C)(O)C1(Cl)C=CC=CC1. The van der Waals surface area contributed by atoms with Gasteiger partial charge in [0.25, 0.3) is 0 Å². The average Bonchev–Trinajstić information content (AvgIpc) is 1.87. The van der Waals surface area contributed by atoms with Crippen LogP contribution >= 0.6 is 11.6 Å². The van der Waals surface area contributed by atoms with Gasteiger partial charge in [0.2, 0.25) is 0 Å².